The molecule has 0 N–H and O–H groups in total. The molecule has 1 saturated heterocycles. The van der Waals surface area contributed by atoms with E-state index in [1.165, 1.54) is 11.8 Å². The lowest BCUT2D eigenvalue weighted by Gasteiger charge is -2.26. The number of halogens is 1. The van der Waals surface area contributed by atoms with Crippen molar-refractivity contribution in [1.82, 2.24) is 15.0 Å². The molecule has 8 heteroatoms. The van der Waals surface area contributed by atoms with Gasteiger partial charge in [-0.3, -0.25) is 0 Å². The van der Waals surface area contributed by atoms with E-state index in [2.05, 4.69) is 15.0 Å². The van der Waals surface area contributed by atoms with Gasteiger partial charge in [0.05, 0.1) is 25.2 Å². The smallest absolute Gasteiger partial charge is 0.230 e. The lowest BCUT2D eigenvalue weighted by atomic mass is 10.4. The Morgan fingerprint density at radius 2 is 2.10 bits per heavy atom. The molecule has 0 amide bonds. The summed E-state index contributed by atoms with van der Waals surface area (Å²) in [5, 5.41) is 0.811. The summed E-state index contributed by atoms with van der Waals surface area (Å²) in [6, 6.07) is 3.77. The van der Waals surface area contributed by atoms with Crippen LogP contribution >= 0.6 is 23.4 Å². The van der Waals surface area contributed by atoms with E-state index >= 15 is 0 Å². The second-order valence-corrected chi connectivity index (χ2v) is 5.44. The first-order valence-corrected chi connectivity index (χ1v) is 7.57. The molecular formula is C12H13ClN4O2S. The van der Waals surface area contributed by atoms with E-state index in [-0.39, 0.29) is 5.28 Å². The summed E-state index contributed by atoms with van der Waals surface area (Å²) >= 11 is 7.45. The van der Waals surface area contributed by atoms with Crippen molar-refractivity contribution in [1.29, 1.82) is 0 Å². The number of aromatic nitrogens is 3. The minimum absolute atomic E-state index is 0.212. The molecule has 0 radical (unpaired) electrons. The van der Waals surface area contributed by atoms with Gasteiger partial charge in [-0.2, -0.15) is 15.0 Å². The van der Waals surface area contributed by atoms with E-state index in [0.717, 1.165) is 18.8 Å². The van der Waals surface area contributed by atoms with E-state index in [0.29, 0.717) is 30.1 Å². The summed E-state index contributed by atoms with van der Waals surface area (Å²) in [4.78, 5) is 14.8. The first-order valence-electron chi connectivity index (χ1n) is 6.21. The van der Waals surface area contributed by atoms with Gasteiger partial charge in [0.15, 0.2) is 5.16 Å². The zero-order chi connectivity index (χ0) is 13.8. The van der Waals surface area contributed by atoms with Crippen LogP contribution in [0.4, 0.5) is 5.95 Å². The van der Waals surface area contributed by atoms with Gasteiger partial charge in [-0.25, -0.2) is 0 Å². The van der Waals surface area contributed by atoms with Crippen molar-refractivity contribution in [3.63, 3.8) is 0 Å². The summed E-state index contributed by atoms with van der Waals surface area (Å²) < 4.78 is 10.6. The predicted octanol–water partition coefficient (Wildman–Crippen LogP) is 2.25. The Kier molecular flexibility index (Phi) is 4.39. The number of hydrogen-bond donors (Lipinski definition) is 0. The van der Waals surface area contributed by atoms with Gasteiger partial charge in [0.25, 0.3) is 0 Å². The van der Waals surface area contributed by atoms with E-state index in [4.69, 9.17) is 20.8 Å². The van der Waals surface area contributed by atoms with Crippen LogP contribution in [-0.4, -0.2) is 41.3 Å². The van der Waals surface area contributed by atoms with Crippen molar-refractivity contribution >= 4 is 29.3 Å². The molecule has 1 aliphatic heterocycles. The number of furan rings is 1. The highest BCUT2D eigenvalue weighted by Gasteiger charge is 2.16. The van der Waals surface area contributed by atoms with Crippen molar-refractivity contribution in [2.24, 2.45) is 0 Å². The lowest BCUT2D eigenvalue weighted by Crippen LogP contribution is -2.37. The molecule has 0 aromatic carbocycles. The van der Waals surface area contributed by atoms with Crippen LogP contribution < -0.4 is 4.90 Å². The van der Waals surface area contributed by atoms with Crippen molar-refractivity contribution in [3.05, 3.63) is 29.4 Å². The van der Waals surface area contributed by atoms with E-state index in [1.807, 2.05) is 17.0 Å². The fourth-order valence-corrected chi connectivity index (χ4v) is 2.76. The van der Waals surface area contributed by atoms with Crippen LogP contribution in [0.1, 0.15) is 5.76 Å². The van der Waals surface area contributed by atoms with Gasteiger partial charge in [0.1, 0.15) is 5.76 Å². The summed E-state index contributed by atoms with van der Waals surface area (Å²) in [5.41, 5.74) is 0. The van der Waals surface area contributed by atoms with Crippen molar-refractivity contribution < 1.29 is 9.15 Å². The second kappa shape index (κ2) is 6.43. The van der Waals surface area contributed by atoms with Crippen molar-refractivity contribution in [2.75, 3.05) is 31.2 Å². The predicted molar refractivity (Wildman–Crippen MR) is 76.1 cm³/mol. The van der Waals surface area contributed by atoms with Gasteiger partial charge < -0.3 is 14.1 Å². The molecule has 0 unspecified atom stereocenters. The molecule has 3 heterocycles. The number of ether oxygens (including phenoxy) is 1. The number of rotatable bonds is 4. The third-order valence-corrected chi connectivity index (χ3v) is 3.83. The standard InChI is InChI=1S/C12H13ClN4O2S/c13-10-14-11(17-3-6-18-7-4-17)16-12(15-10)20-8-9-2-1-5-19-9/h1-2,5H,3-4,6-8H2. The van der Waals surface area contributed by atoms with Crippen molar-refractivity contribution in [2.45, 2.75) is 10.9 Å². The van der Waals surface area contributed by atoms with Gasteiger partial charge in [-0.05, 0) is 23.7 Å². The molecule has 0 aliphatic carbocycles. The Morgan fingerprint density at radius 3 is 2.85 bits per heavy atom. The molecular weight excluding hydrogens is 300 g/mol. The molecule has 1 aliphatic rings. The molecule has 2 aromatic heterocycles. The minimum atomic E-state index is 0.212. The maximum Gasteiger partial charge on any atom is 0.230 e. The lowest BCUT2D eigenvalue weighted by molar-refractivity contribution is 0.122. The monoisotopic (exact) mass is 312 g/mol. The quantitative estimate of drug-likeness (QED) is 0.802. The average molecular weight is 313 g/mol. The molecule has 6 nitrogen and oxygen atoms in total. The summed E-state index contributed by atoms with van der Waals surface area (Å²) in [6.07, 6.45) is 1.65. The molecule has 2 aromatic rings. The van der Waals surface area contributed by atoms with Crippen LogP contribution in [-0.2, 0) is 10.5 Å². The number of morpholine rings is 1. The van der Waals surface area contributed by atoms with Crippen molar-refractivity contribution in [3.8, 4) is 0 Å². The van der Waals surface area contributed by atoms with Crippen LogP contribution in [0, 0.1) is 0 Å². The third-order valence-electron chi connectivity index (χ3n) is 2.79. The highest BCUT2D eigenvalue weighted by atomic mass is 35.5. The topological polar surface area (TPSA) is 64.3 Å². The first-order chi connectivity index (χ1) is 9.81. The Balaban J connectivity index is 1.72. The minimum Gasteiger partial charge on any atom is -0.468 e. The number of nitrogens with zero attached hydrogens (tertiary/aromatic N) is 4. The molecule has 0 saturated carbocycles. The largest absolute Gasteiger partial charge is 0.468 e. The van der Waals surface area contributed by atoms with Gasteiger partial charge in [0, 0.05) is 13.1 Å². The van der Waals surface area contributed by atoms with Gasteiger partial charge in [-0.15, -0.1) is 0 Å². The van der Waals surface area contributed by atoms with Gasteiger partial charge in [0.2, 0.25) is 11.2 Å². The maximum absolute atomic E-state index is 5.97. The molecule has 106 valence electrons. The first kappa shape index (κ1) is 13.7. The van der Waals surface area contributed by atoms with E-state index < -0.39 is 0 Å². The second-order valence-electron chi connectivity index (χ2n) is 4.15. The number of thioether (sulfide) groups is 1. The highest BCUT2D eigenvalue weighted by Crippen LogP contribution is 2.22. The van der Waals surface area contributed by atoms with Crippen LogP contribution in [0.25, 0.3) is 0 Å². The molecule has 0 spiro atoms. The Bertz CT molecular complexity index is 561. The Hall–Kier alpha value is -1.31. The summed E-state index contributed by atoms with van der Waals surface area (Å²) in [5.74, 6) is 2.14. The zero-order valence-electron chi connectivity index (χ0n) is 10.7. The van der Waals surface area contributed by atoms with Crippen LogP contribution in [0.3, 0.4) is 0 Å². The fourth-order valence-electron chi connectivity index (χ4n) is 1.82. The average Bonchev–Trinajstić information content (AvgIpc) is 2.99. The van der Waals surface area contributed by atoms with Crippen LogP contribution in [0.5, 0.6) is 0 Å². The van der Waals surface area contributed by atoms with Gasteiger partial charge in [-0.1, -0.05) is 11.8 Å². The van der Waals surface area contributed by atoms with E-state index in [1.54, 1.807) is 6.26 Å². The highest BCUT2D eigenvalue weighted by molar-refractivity contribution is 7.98. The van der Waals surface area contributed by atoms with E-state index in [9.17, 15) is 0 Å². The summed E-state index contributed by atoms with van der Waals surface area (Å²) in [6.45, 7) is 2.89. The molecule has 20 heavy (non-hydrogen) atoms. The number of hydrogen-bond acceptors (Lipinski definition) is 7. The maximum atomic E-state index is 5.97. The number of anilines is 1. The fraction of sp³-hybridized carbons (Fsp3) is 0.417. The molecule has 0 atom stereocenters. The van der Waals surface area contributed by atoms with Gasteiger partial charge >= 0.3 is 0 Å². The molecule has 0 bridgehead atoms. The van der Waals surface area contributed by atoms with Crippen LogP contribution in [0.2, 0.25) is 5.28 Å². The molecule has 1 fully saturated rings. The zero-order valence-corrected chi connectivity index (χ0v) is 12.2. The molecule has 3 rings (SSSR count). The summed E-state index contributed by atoms with van der Waals surface area (Å²) in [7, 11) is 0. The normalized spacial score (nSPS) is 15.6. The third kappa shape index (κ3) is 3.41. The Morgan fingerprint density at radius 1 is 1.25 bits per heavy atom. The van der Waals surface area contributed by atoms with Crippen LogP contribution in [0.15, 0.2) is 28.0 Å². The SMILES string of the molecule is Clc1nc(SCc2ccco2)nc(N2CCOCC2)n1. The Labute approximate surface area is 125 Å².